The highest BCUT2D eigenvalue weighted by Crippen LogP contribution is 2.26. The lowest BCUT2D eigenvalue weighted by Crippen LogP contribution is -2.03. The Morgan fingerprint density at radius 3 is 2.70 bits per heavy atom. The van der Waals surface area contributed by atoms with Crippen LogP contribution in [0.4, 0.5) is 0 Å². The van der Waals surface area contributed by atoms with Crippen molar-refractivity contribution < 1.29 is 19.4 Å². The predicted octanol–water partition coefficient (Wildman–Crippen LogP) is 2.89. The van der Waals surface area contributed by atoms with Crippen molar-refractivity contribution in [2.75, 3.05) is 7.11 Å². The third kappa shape index (κ3) is 2.78. The molecule has 0 aliphatic rings. The molecule has 0 fully saturated rings. The lowest BCUT2D eigenvalue weighted by atomic mass is 10.0. The summed E-state index contributed by atoms with van der Waals surface area (Å²) in [5.41, 5.74) is 1.28. The Morgan fingerprint density at radius 1 is 1.30 bits per heavy atom. The fourth-order valence-corrected chi connectivity index (χ4v) is 1.93. The van der Waals surface area contributed by atoms with Gasteiger partial charge in [-0.2, -0.15) is 0 Å². The van der Waals surface area contributed by atoms with Crippen LogP contribution in [0.2, 0.25) is 5.15 Å². The van der Waals surface area contributed by atoms with Crippen molar-refractivity contribution in [1.82, 2.24) is 4.98 Å². The summed E-state index contributed by atoms with van der Waals surface area (Å²) in [7, 11) is 1.28. The summed E-state index contributed by atoms with van der Waals surface area (Å²) in [4.78, 5) is 26.6. The number of carboxylic acids is 1. The fraction of sp³-hybridized carbons (Fsp3) is 0.0714. The van der Waals surface area contributed by atoms with Crippen LogP contribution in [0.25, 0.3) is 11.1 Å². The molecule has 2 rings (SSSR count). The molecule has 5 nitrogen and oxygen atoms in total. The number of pyridine rings is 1. The first kappa shape index (κ1) is 14.0. The first-order valence-corrected chi connectivity index (χ1v) is 5.98. The maximum absolute atomic E-state index is 11.5. The number of esters is 1. The molecule has 0 radical (unpaired) electrons. The number of hydrogen-bond acceptors (Lipinski definition) is 4. The normalized spacial score (nSPS) is 10.1. The Morgan fingerprint density at radius 2 is 2.05 bits per heavy atom. The number of hydrogen-bond donors (Lipinski definition) is 1. The molecule has 0 unspecified atom stereocenters. The number of carbonyl (C=O) groups excluding carboxylic acids is 1. The molecule has 0 aliphatic carbocycles. The van der Waals surface area contributed by atoms with Gasteiger partial charge in [0.05, 0.1) is 18.2 Å². The molecule has 1 heterocycles. The van der Waals surface area contributed by atoms with Gasteiger partial charge < -0.3 is 9.84 Å². The Balaban J connectivity index is 2.57. The predicted molar refractivity (Wildman–Crippen MR) is 73.0 cm³/mol. The number of halogens is 1. The van der Waals surface area contributed by atoms with Crippen molar-refractivity contribution in [2.24, 2.45) is 0 Å². The van der Waals surface area contributed by atoms with Crippen LogP contribution in [0.5, 0.6) is 0 Å². The molecule has 102 valence electrons. The highest BCUT2D eigenvalue weighted by atomic mass is 35.5. The largest absolute Gasteiger partial charge is 0.478 e. The maximum atomic E-state index is 11.5. The van der Waals surface area contributed by atoms with Crippen LogP contribution >= 0.6 is 11.6 Å². The molecule has 1 N–H and O–H groups in total. The zero-order valence-electron chi connectivity index (χ0n) is 10.5. The first-order chi connectivity index (χ1) is 9.52. The fourth-order valence-electron chi connectivity index (χ4n) is 1.77. The Bertz CT molecular complexity index is 685. The SMILES string of the molecule is COC(=O)c1cccc(-c2cnc(Cl)cc2C(=O)O)c1. The van der Waals surface area contributed by atoms with Gasteiger partial charge in [-0.25, -0.2) is 14.6 Å². The van der Waals surface area contributed by atoms with Crippen LogP contribution in [0, 0.1) is 0 Å². The van der Waals surface area contributed by atoms with Crippen LogP contribution in [0.1, 0.15) is 20.7 Å². The van der Waals surface area contributed by atoms with E-state index < -0.39 is 11.9 Å². The zero-order chi connectivity index (χ0) is 14.7. The Labute approximate surface area is 119 Å². The van der Waals surface area contributed by atoms with Gasteiger partial charge in [0.25, 0.3) is 0 Å². The standard InChI is InChI=1S/C14H10ClNO4/c1-20-14(19)9-4-2-3-8(5-9)11-7-16-12(15)6-10(11)13(17)18/h2-7H,1H3,(H,17,18). The van der Waals surface area contributed by atoms with Crippen LogP contribution < -0.4 is 0 Å². The van der Waals surface area contributed by atoms with Crippen molar-refractivity contribution in [1.29, 1.82) is 0 Å². The molecule has 0 aliphatic heterocycles. The molecule has 20 heavy (non-hydrogen) atoms. The number of aromatic carboxylic acids is 1. The van der Waals surface area contributed by atoms with E-state index in [1.807, 2.05) is 0 Å². The first-order valence-electron chi connectivity index (χ1n) is 5.60. The number of nitrogens with zero attached hydrogens (tertiary/aromatic N) is 1. The highest BCUT2D eigenvalue weighted by molar-refractivity contribution is 6.29. The molecule has 6 heteroatoms. The summed E-state index contributed by atoms with van der Waals surface area (Å²) in [5.74, 6) is -1.61. The van der Waals surface area contributed by atoms with Gasteiger partial charge in [0.2, 0.25) is 0 Å². The number of ether oxygens (including phenoxy) is 1. The van der Waals surface area contributed by atoms with Crippen molar-refractivity contribution in [3.63, 3.8) is 0 Å². The lowest BCUT2D eigenvalue weighted by Gasteiger charge is -2.07. The van der Waals surface area contributed by atoms with Crippen LogP contribution in [0.3, 0.4) is 0 Å². The topological polar surface area (TPSA) is 76.5 Å². The summed E-state index contributed by atoms with van der Waals surface area (Å²) in [6.07, 6.45) is 1.36. The van der Waals surface area contributed by atoms with Gasteiger partial charge in [-0.1, -0.05) is 23.7 Å². The third-order valence-corrected chi connectivity index (χ3v) is 2.90. The number of rotatable bonds is 3. The summed E-state index contributed by atoms with van der Waals surface area (Å²) in [6.45, 7) is 0. The molecular weight excluding hydrogens is 282 g/mol. The van der Waals surface area contributed by atoms with E-state index in [0.717, 1.165) is 0 Å². The van der Waals surface area contributed by atoms with E-state index in [-0.39, 0.29) is 10.7 Å². The minimum absolute atomic E-state index is 0.0204. The molecule has 1 aromatic carbocycles. The lowest BCUT2D eigenvalue weighted by molar-refractivity contribution is 0.0600. The number of methoxy groups -OCH3 is 1. The molecule has 0 spiro atoms. The second-order valence-electron chi connectivity index (χ2n) is 3.93. The zero-order valence-corrected chi connectivity index (χ0v) is 11.2. The quantitative estimate of drug-likeness (QED) is 0.695. The van der Waals surface area contributed by atoms with Crippen molar-refractivity contribution in [2.45, 2.75) is 0 Å². The summed E-state index contributed by atoms with van der Waals surface area (Å²) >= 11 is 5.70. The maximum Gasteiger partial charge on any atom is 0.337 e. The summed E-state index contributed by atoms with van der Waals surface area (Å²) < 4.78 is 4.63. The second kappa shape index (κ2) is 5.71. The van der Waals surface area contributed by atoms with Gasteiger partial charge in [0, 0.05) is 11.8 Å². The molecule has 1 aromatic heterocycles. The van der Waals surface area contributed by atoms with Crippen LogP contribution in [-0.4, -0.2) is 29.1 Å². The smallest absolute Gasteiger partial charge is 0.337 e. The average molecular weight is 292 g/mol. The monoisotopic (exact) mass is 291 g/mol. The van der Waals surface area contributed by atoms with E-state index in [9.17, 15) is 14.7 Å². The minimum Gasteiger partial charge on any atom is -0.478 e. The van der Waals surface area contributed by atoms with E-state index in [2.05, 4.69) is 9.72 Å². The van der Waals surface area contributed by atoms with Crippen LogP contribution in [0.15, 0.2) is 36.5 Å². The number of carbonyl (C=O) groups is 2. The molecular formula is C14H10ClNO4. The van der Waals surface area contributed by atoms with Gasteiger partial charge in [0.1, 0.15) is 5.15 Å². The summed E-state index contributed by atoms with van der Waals surface area (Å²) in [6, 6.07) is 7.72. The second-order valence-corrected chi connectivity index (χ2v) is 4.32. The minimum atomic E-state index is -1.12. The summed E-state index contributed by atoms with van der Waals surface area (Å²) in [5, 5.41) is 9.29. The van der Waals surface area contributed by atoms with E-state index in [0.29, 0.717) is 16.7 Å². The third-order valence-electron chi connectivity index (χ3n) is 2.70. The molecule has 0 bridgehead atoms. The van der Waals surface area contributed by atoms with E-state index in [1.165, 1.54) is 19.4 Å². The molecule has 0 amide bonds. The molecule has 2 aromatic rings. The number of carboxylic acid groups (broad SMARTS) is 1. The van der Waals surface area contributed by atoms with Crippen molar-refractivity contribution >= 4 is 23.5 Å². The van der Waals surface area contributed by atoms with Gasteiger partial charge >= 0.3 is 11.9 Å². The van der Waals surface area contributed by atoms with Gasteiger partial charge in [-0.05, 0) is 23.8 Å². The van der Waals surface area contributed by atoms with E-state index in [4.69, 9.17) is 11.6 Å². The van der Waals surface area contributed by atoms with Crippen molar-refractivity contribution in [3.05, 3.63) is 52.8 Å². The highest BCUT2D eigenvalue weighted by Gasteiger charge is 2.15. The van der Waals surface area contributed by atoms with E-state index >= 15 is 0 Å². The number of aromatic nitrogens is 1. The van der Waals surface area contributed by atoms with Crippen molar-refractivity contribution in [3.8, 4) is 11.1 Å². The molecule has 0 atom stereocenters. The Kier molecular flexibility index (Phi) is 4.00. The average Bonchev–Trinajstić information content (AvgIpc) is 2.46. The van der Waals surface area contributed by atoms with Gasteiger partial charge in [-0.15, -0.1) is 0 Å². The van der Waals surface area contributed by atoms with Gasteiger partial charge in [0.15, 0.2) is 0 Å². The van der Waals surface area contributed by atoms with Gasteiger partial charge in [-0.3, -0.25) is 0 Å². The van der Waals surface area contributed by atoms with E-state index in [1.54, 1.807) is 24.3 Å². The number of benzene rings is 1. The Hall–Kier alpha value is -2.40. The van der Waals surface area contributed by atoms with Crippen LogP contribution in [-0.2, 0) is 4.74 Å². The molecule has 0 saturated carbocycles. The molecule has 0 saturated heterocycles.